The molecule has 3 rings (SSSR count). The van der Waals surface area contributed by atoms with E-state index in [1.807, 2.05) is 39.0 Å². The third kappa shape index (κ3) is 3.42. The summed E-state index contributed by atoms with van der Waals surface area (Å²) in [5, 5.41) is 8.85. The number of benzene rings is 1. The van der Waals surface area contributed by atoms with Crippen LogP contribution < -0.4 is 4.74 Å². The highest BCUT2D eigenvalue weighted by molar-refractivity contribution is 5.69. The molecule has 5 nitrogen and oxygen atoms in total. The van der Waals surface area contributed by atoms with E-state index in [9.17, 15) is 4.79 Å². The van der Waals surface area contributed by atoms with Crippen LogP contribution in [-0.4, -0.2) is 22.7 Å². The molecule has 23 heavy (non-hydrogen) atoms. The first kappa shape index (κ1) is 15.7. The molecular weight excluding hydrogens is 292 g/mol. The number of carbonyl (C=O) groups excluding carboxylic acids is 1. The van der Waals surface area contributed by atoms with E-state index in [-0.39, 0.29) is 18.1 Å². The molecule has 1 aromatic carbocycles. The van der Waals surface area contributed by atoms with Gasteiger partial charge in [-0.1, -0.05) is 12.1 Å². The Morgan fingerprint density at radius 1 is 1.30 bits per heavy atom. The monoisotopic (exact) mass is 314 g/mol. The molecule has 0 N–H and O–H groups in total. The molecule has 1 aromatic rings. The van der Waals surface area contributed by atoms with Gasteiger partial charge in [-0.2, -0.15) is 5.26 Å². The molecule has 0 spiro atoms. The summed E-state index contributed by atoms with van der Waals surface area (Å²) >= 11 is 0. The molecule has 0 saturated heterocycles. The van der Waals surface area contributed by atoms with Gasteiger partial charge in [0, 0.05) is 24.9 Å². The highest BCUT2D eigenvalue weighted by atomic mass is 16.6. The molecule has 1 saturated carbocycles. The number of amides is 1. The molecule has 1 amide bonds. The van der Waals surface area contributed by atoms with Gasteiger partial charge in [0.15, 0.2) is 0 Å². The van der Waals surface area contributed by atoms with Crippen LogP contribution in [0.25, 0.3) is 0 Å². The molecule has 2 aliphatic rings. The Kier molecular flexibility index (Phi) is 3.93. The zero-order chi connectivity index (χ0) is 16.6. The molecule has 0 bridgehead atoms. The minimum atomic E-state index is -0.497. The average molecular weight is 314 g/mol. The lowest BCUT2D eigenvalue weighted by Crippen LogP contribution is -2.34. The molecule has 1 aliphatic heterocycles. The van der Waals surface area contributed by atoms with Crippen molar-refractivity contribution < 1.29 is 14.3 Å². The van der Waals surface area contributed by atoms with Gasteiger partial charge in [0.05, 0.1) is 18.5 Å². The number of hydrogen-bond acceptors (Lipinski definition) is 4. The molecule has 0 unspecified atom stereocenters. The number of hydrogen-bond donors (Lipinski definition) is 0. The van der Waals surface area contributed by atoms with Crippen molar-refractivity contribution in [2.45, 2.75) is 58.4 Å². The standard InChI is InChI=1S/C18H22N2O3/c1-18(2,3)23-17(21)20-10-13-5-4-6-16(15(13)11-20)22-14-7-12(8-14)9-19/h4-6,12,14H,7-8,10-11H2,1-3H3. The van der Waals surface area contributed by atoms with Gasteiger partial charge >= 0.3 is 6.09 Å². The van der Waals surface area contributed by atoms with Crippen LogP contribution in [0.2, 0.25) is 0 Å². The van der Waals surface area contributed by atoms with Crippen LogP contribution in [-0.2, 0) is 17.8 Å². The molecule has 1 fully saturated rings. The largest absolute Gasteiger partial charge is 0.490 e. The molecule has 1 heterocycles. The number of nitriles is 1. The Bertz CT molecular complexity index is 651. The van der Waals surface area contributed by atoms with E-state index >= 15 is 0 Å². The number of nitrogens with zero attached hydrogens (tertiary/aromatic N) is 2. The number of fused-ring (bicyclic) bond motifs is 1. The molecule has 0 atom stereocenters. The lowest BCUT2D eigenvalue weighted by molar-refractivity contribution is 0.0240. The maximum atomic E-state index is 12.2. The van der Waals surface area contributed by atoms with E-state index in [0.29, 0.717) is 13.1 Å². The quantitative estimate of drug-likeness (QED) is 0.836. The minimum absolute atomic E-state index is 0.113. The van der Waals surface area contributed by atoms with Gasteiger partial charge < -0.3 is 9.47 Å². The Balaban J connectivity index is 1.67. The maximum Gasteiger partial charge on any atom is 0.410 e. The zero-order valence-corrected chi connectivity index (χ0v) is 13.8. The van der Waals surface area contributed by atoms with Gasteiger partial charge in [-0.25, -0.2) is 4.79 Å². The van der Waals surface area contributed by atoms with E-state index in [1.54, 1.807) is 4.90 Å². The van der Waals surface area contributed by atoms with Gasteiger partial charge in [0.25, 0.3) is 0 Å². The van der Waals surface area contributed by atoms with Crippen molar-refractivity contribution in [3.8, 4) is 11.8 Å². The van der Waals surface area contributed by atoms with Crippen molar-refractivity contribution in [3.05, 3.63) is 29.3 Å². The Labute approximate surface area is 136 Å². The van der Waals surface area contributed by atoms with Gasteiger partial charge in [0.2, 0.25) is 0 Å². The van der Waals surface area contributed by atoms with Gasteiger partial charge in [-0.3, -0.25) is 4.90 Å². The van der Waals surface area contributed by atoms with Gasteiger partial charge in [0.1, 0.15) is 17.5 Å². The van der Waals surface area contributed by atoms with Crippen molar-refractivity contribution in [2.24, 2.45) is 5.92 Å². The summed E-state index contributed by atoms with van der Waals surface area (Å²) in [5.41, 5.74) is 1.66. The Morgan fingerprint density at radius 2 is 2.04 bits per heavy atom. The molecular formula is C18H22N2O3. The molecule has 5 heteroatoms. The Hall–Kier alpha value is -2.22. The number of rotatable bonds is 2. The summed E-state index contributed by atoms with van der Waals surface area (Å²) in [5.74, 6) is 0.949. The maximum absolute atomic E-state index is 12.2. The fraction of sp³-hybridized carbons (Fsp3) is 0.556. The molecule has 122 valence electrons. The summed E-state index contributed by atoms with van der Waals surface area (Å²) in [4.78, 5) is 13.9. The fourth-order valence-corrected chi connectivity index (χ4v) is 2.90. The van der Waals surface area contributed by atoms with Crippen molar-refractivity contribution in [1.29, 1.82) is 5.26 Å². The first-order chi connectivity index (χ1) is 10.9. The highest BCUT2D eigenvalue weighted by Crippen LogP contribution is 2.36. The third-order valence-corrected chi connectivity index (χ3v) is 4.16. The van der Waals surface area contributed by atoms with E-state index < -0.39 is 5.60 Å². The zero-order valence-electron chi connectivity index (χ0n) is 13.8. The van der Waals surface area contributed by atoms with E-state index in [2.05, 4.69) is 6.07 Å². The fourth-order valence-electron chi connectivity index (χ4n) is 2.90. The number of carbonyl (C=O) groups is 1. The third-order valence-electron chi connectivity index (χ3n) is 4.16. The smallest absolute Gasteiger partial charge is 0.410 e. The van der Waals surface area contributed by atoms with Gasteiger partial charge in [-0.15, -0.1) is 0 Å². The van der Waals surface area contributed by atoms with E-state index in [4.69, 9.17) is 14.7 Å². The molecule has 1 aliphatic carbocycles. The second kappa shape index (κ2) is 5.77. The average Bonchev–Trinajstić information content (AvgIpc) is 2.85. The van der Waals surface area contributed by atoms with E-state index in [1.165, 1.54) is 0 Å². The normalized spacial score (nSPS) is 22.8. The van der Waals surface area contributed by atoms with Crippen LogP contribution >= 0.6 is 0 Å². The predicted octanol–water partition coefficient (Wildman–Crippen LogP) is 3.62. The first-order valence-electron chi connectivity index (χ1n) is 8.00. The summed E-state index contributed by atoms with van der Waals surface area (Å²) in [6.07, 6.45) is 1.39. The molecule has 0 aromatic heterocycles. The first-order valence-corrected chi connectivity index (χ1v) is 8.00. The Morgan fingerprint density at radius 3 is 2.70 bits per heavy atom. The van der Waals surface area contributed by atoms with Crippen molar-refractivity contribution >= 4 is 6.09 Å². The van der Waals surface area contributed by atoms with Crippen LogP contribution in [0.5, 0.6) is 5.75 Å². The SMILES string of the molecule is CC(C)(C)OC(=O)N1Cc2cccc(OC3CC(C#N)C3)c2C1. The lowest BCUT2D eigenvalue weighted by Gasteiger charge is -2.31. The second-order valence-electron chi connectivity index (χ2n) is 7.27. The lowest BCUT2D eigenvalue weighted by atomic mass is 9.83. The van der Waals surface area contributed by atoms with Crippen molar-refractivity contribution in [1.82, 2.24) is 4.90 Å². The van der Waals surface area contributed by atoms with Crippen molar-refractivity contribution in [2.75, 3.05) is 0 Å². The highest BCUT2D eigenvalue weighted by Gasteiger charge is 2.33. The van der Waals surface area contributed by atoms with Crippen LogP contribution in [0, 0.1) is 17.2 Å². The molecule has 0 radical (unpaired) electrons. The number of ether oxygens (including phenoxy) is 2. The van der Waals surface area contributed by atoms with Gasteiger partial charge in [-0.05, 0) is 32.4 Å². The van der Waals surface area contributed by atoms with Crippen LogP contribution in [0.1, 0.15) is 44.7 Å². The second-order valence-corrected chi connectivity index (χ2v) is 7.27. The minimum Gasteiger partial charge on any atom is -0.490 e. The predicted molar refractivity (Wildman–Crippen MR) is 84.7 cm³/mol. The van der Waals surface area contributed by atoms with Crippen LogP contribution in [0.15, 0.2) is 18.2 Å². The summed E-state index contributed by atoms with van der Waals surface area (Å²) in [6.45, 7) is 6.66. The van der Waals surface area contributed by atoms with Crippen molar-refractivity contribution in [3.63, 3.8) is 0 Å². The van der Waals surface area contributed by atoms with Crippen LogP contribution in [0.4, 0.5) is 4.79 Å². The van der Waals surface area contributed by atoms with E-state index in [0.717, 1.165) is 29.7 Å². The summed E-state index contributed by atoms with van der Waals surface area (Å²) in [6, 6.07) is 8.18. The van der Waals surface area contributed by atoms with Crippen LogP contribution in [0.3, 0.4) is 0 Å². The topological polar surface area (TPSA) is 62.6 Å². The summed E-state index contributed by atoms with van der Waals surface area (Å²) < 4.78 is 11.5. The summed E-state index contributed by atoms with van der Waals surface area (Å²) in [7, 11) is 0.